The summed E-state index contributed by atoms with van der Waals surface area (Å²) in [7, 11) is 0. The highest BCUT2D eigenvalue weighted by Crippen LogP contribution is 2.54. The molecular formula is C13H22F2O. The number of rotatable bonds is 5. The van der Waals surface area contributed by atoms with Gasteiger partial charge in [-0.2, -0.15) is 0 Å². The maximum atomic E-state index is 13.4. The van der Waals surface area contributed by atoms with Crippen molar-refractivity contribution in [3.8, 4) is 0 Å². The number of alkyl halides is 2. The fourth-order valence-electron chi connectivity index (χ4n) is 2.98. The summed E-state index contributed by atoms with van der Waals surface area (Å²) in [5.41, 5.74) is 0.285. The summed E-state index contributed by atoms with van der Waals surface area (Å²) in [6.45, 7) is 4.87. The molecule has 1 saturated heterocycles. The molecule has 0 spiro atoms. The van der Waals surface area contributed by atoms with Crippen LogP contribution in [-0.2, 0) is 4.74 Å². The van der Waals surface area contributed by atoms with Gasteiger partial charge in [-0.1, -0.05) is 13.8 Å². The van der Waals surface area contributed by atoms with Gasteiger partial charge < -0.3 is 4.74 Å². The van der Waals surface area contributed by atoms with Crippen LogP contribution in [0.3, 0.4) is 0 Å². The van der Waals surface area contributed by atoms with Gasteiger partial charge in [0.2, 0.25) is 5.92 Å². The third-order valence-electron chi connectivity index (χ3n) is 4.59. The van der Waals surface area contributed by atoms with Gasteiger partial charge in [-0.15, -0.1) is 0 Å². The van der Waals surface area contributed by atoms with E-state index in [1.54, 1.807) is 13.8 Å². The number of hydrogen-bond donors (Lipinski definition) is 0. The SMILES string of the molecule is CC(C)C(F)(F)CCCC12CCC1COC2. The van der Waals surface area contributed by atoms with Crippen LogP contribution < -0.4 is 0 Å². The zero-order valence-corrected chi connectivity index (χ0v) is 10.3. The Balaban J connectivity index is 1.76. The lowest BCUT2D eigenvalue weighted by molar-refractivity contribution is -0.0592. The van der Waals surface area contributed by atoms with Crippen molar-refractivity contribution < 1.29 is 13.5 Å². The third kappa shape index (κ3) is 2.11. The van der Waals surface area contributed by atoms with E-state index in [9.17, 15) is 8.78 Å². The summed E-state index contributed by atoms with van der Waals surface area (Å²) in [5.74, 6) is -2.36. The molecule has 2 rings (SSSR count). The number of halogens is 2. The van der Waals surface area contributed by atoms with E-state index in [2.05, 4.69) is 0 Å². The van der Waals surface area contributed by atoms with Crippen molar-refractivity contribution in [2.45, 2.75) is 51.9 Å². The first-order chi connectivity index (χ1) is 7.46. The molecule has 2 fully saturated rings. The van der Waals surface area contributed by atoms with Crippen LogP contribution in [0.25, 0.3) is 0 Å². The largest absolute Gasteiger partial charge is 0.381 e. The van der Waals surface area contributed by atoms with Crippen molar-refractivity contribution in [1.82, 2.24) is 0 Å². The van der Waals surface area contributed by atoms with Gasteiger partial charge in [0.15, 0.2) is 0 Å². The Kier molecular flexibility index (Phi) is 3.26. The molecule has 1 aliphatic heterocycles. The first-order valence-electron chi connectivity index (χ1n) is 6.42. The predicted octanol–water partition coefficient (Wildman–Crippen LogP) is 3.87. The number of hydrogen-bond acceptors (Lipinski definition) is 1. The van der Waals surface area contributed by atoms with E-state index in [0.717, 1.165) is 19.6 Å². The fourth-order valence-corrected chi connectivity index (χ4v) is 2.98. The summed E-state index contributed by atoms with van der Waals surface area (Å²) in [5, 5.41) is 0. The number of ether oxygens (including phenoxy) is 1. The molecule has 0 bridgehead atoms. The molecule has 0 aromatic heterocycles. The monoisotopic (exact) mass is 232 g/mol. The molecule has 2 aliphatic rings. The summed E-state index contributed by atoms with van der Waals surface area (Å²) < 4.78 is 32.3. The highest BCUT2D eigenvalue weighted by Gasteiger charge is 2.50. The lowest BCUT2D eigenvalue weighted by Gasteiger charge is -2.43. The molecule has 1 aliphatic carbocycles. The Hall–Kier alpha value is -0.180. The lowest BCUT2D eigenvalue weighted by atomic mass is 9.60. The molecule has 0 amide bonds. The molecular weight excluding hydrogens is 210 g/mol. The van der Waals surface area contributed by atoms with Crippen LogP contribution in [-0.4, -0.2) is 19.1 Å². The minimum atomic E-state index is -2.49. The van der Waals surface area contributed by atoms with Crippen molar-refractivity contribution in [1.29, 1.82) is 0 Å². The lowest BCUT2D eigenvalue weighted by Crippen LogP contribution is -2.39. The molecule has 2 unspecified atom stereocenters. The molecule has 2 atom stereocenters. The maximum Gasteiger partial charge on any atom is 0.250 e. The Morgan fingerprint density at radius 1 is 1.44 bits per heavy atom. The van der Waals surface area contributed by atoms with Gasteiger partial charge in [0.05, 0.1) is 13.2 Å². The van der Waals surface area contributed by atoms with Crippen LogP contribution in [0.1, 0.15) is 46.0 Å². The van der Waals surface area contributed by atoms with Crippen LogP contribution in [0.2, 0.25) is 0 Å². The second-order valence-corrected chi connectivity index (χ2v) is 5.88. The van der Waals surface area contributed by atoms with Crippen LogP contribution in [0.15, 0.2) is 0 Å². The molecule has 3 heteroatoms. The first kappa shape index (κ1) is 12.3. The first-order valence-corrected chi connectivity index (χ1v) is 6.42. The normalized spacial score (nSPS) is 33.9. The van der Waals surface area contributed by atoms with E-state index in [1.165, 1.54) is 12.8 Å². The van der Waals surface area contributed by atoms with Gasteiger partial charge in [-0.25, -0.2) is 8.78 Å². The summed E-state index contributed by atoms with van der Waals surface area (Å²) >= 11 is 0. The van der Waals surface area contributed by atoms with Gasteiger partial charge in [-0.05, 0) is 37.0 Å². The van der Waals surface area contributed by atoms with Crippen LogP contribution in [0, 0.1) is 17.3 Å². The second kappa shape index (κ2) is 4.25. The van der Waals surface area contributed by atoms with Gasteiger partial charge in [0, 0.05) is 12.3 Å². The van der Waals surface area contributed by atoms with Crippen LogP contribution >= 0.6 is 0 Å². The van der Waals surface area contributed by atoms with E-state index < -0.39 is 11.8 Å². The standard InChI is InChI=1S/C13H22F2O/c1-10(2)13(14,15)6-3-5-12-7-4-11(12)8-16-9-12/h10-11H,3-9H2,1-2H3. The smallest absolute Gasteiger partial charge is 0.250 e. The Labute approximate surface area is 96.6 Å². The molecule has 1 saturated carbocycles. The van der Waals surface area contributed by atoms with Gasteiger partial charge in [0.25, 0.3) is 0 Å². The average molecular weight is 232 g/mol. The Morgan fingerprint density at radius 3 is 2.69 bits per heavy atom. The molecule has 0 N–H and O–H groups in total. The third-order valence-corrected chi connectivity index (χ3v) is 4.59. The minimum absolute atomic E-state index is 0.0408. The van der Waals surface area contributed by atoms with Gasteiger partial charge in [-0.3, -0.25) is 0 Å². The summed E-state index contributed by atoms with van der Waals surface area (Å²) in [6, 6.07) is 0. The highest BCUT2D eigenvalue weighted by atomic mass is 19.3. The fraction of sp³-hybridized carbons (Fsp3) is 1.00. The van der Waals surface area contributed by atoms with Crippen molar-refractivity contribution >= 4 is 0 Å². The average Bonchev–Trinajstić information content (AvgIpc) is 2.44. The molecule has 94 valence electrons. The van der Waals surface area contributed by atoms with Gasteiger partial charge >= 0.3 is 0 Å². The van der Waals surface area contributed by atoms with E-state index in [0.29, 0.717) is 12.3 Å². The van der Waals surface area contributed by atoms with E-state index in [-0.39, 0.29) is 11.8 Å². The minimum Gasteiger partial charge on any atom is -0.381 e. The second-order valence-electron chi connectivity index (χ2n) is 5.88. The topological polar surface area (TPSA) is 9.23 Å². The zero-order chi connectivity index (χ0) is 11.8. The quantitative estimate of drug-likeness (QED) is 0.699. The molecule has 0 aromatic rings. The van der Waals surface area contributed by atoms with Crippen molar-refractivity contribution in [2.24, 2.45) is 17.3 Å². The van der Waals surface area contributed by atoms with E-state index in [1.807, 2.05) is 0 Å². The van der Waals surface area contributed by atoms with Gasteiger partial charge in [0.1, 0.15) is 0 Å². The predicted molar refractivity (Wildman–Crippen MR) is 59.6 cm³/mol. The summed E-state index contributed by atoms with van der Waals surface area (Å²) in [6.07, 6.45) is 4.04. The summed E-state index contributed by atoms with van der Waals surface area (Å²) in [4.78, 5) is 0. The molecule has 0 aromatic carbocycles. The molecule has 1 nitrogen and oxygen atoms in total. The van der Waals surface area contributed by atoms with Crippen molar-refractivity contribution in [3.63, 3.8) is 0 Å². The van der Waals surface area contributed by atoms with Crippen LogP contribution in [0.4, 0.5) is 8.78 Å². The molecule has 0 radical (unpaired) electrons. The number of fused-ring (bicyclic) bond motifs is 1. The van der Waals surface area contributed by atoms with Crippen molar-refractivity contribution in [2.75, 3.05) is 13.2 Å². The zero-order valence-electron chi connectivity index (χ0n) is 10.3. The molecule has 16 heavy (non-hydrogen) atoms. The highest BCUT2D eigenvalue weighted by molar-refractivity contribution is 4.98. The van der Waals surface area contributed by atoms with Crippen molar-refractivity contribution in [3.05, 3.63) is 0 Å². The molecule has 1 heterocycles. The Morgan fingerprint density at radius 2 is 2.19 bits per heavy atom. The van der Waals surface area contributed by atoms with Crippen LogP contribution in [0.5, 0.6) is 0 Å². The Bertz CT molecular complexity index is 252. The van der Waals surface area contributed by atoms with E-state index in [4.69, 9.17) is 4.74 Å². The maximum absolute atomic E-state index is 13.4. The van der Waals surface area contributed by atoms with E-state index >= 15 is 0 Å².